The number of hydrogen-bond donors (Lipinski definition) is 2. The van der Waals surface area contributed by atoms with Gasteiger partial charge in [0.05, 0.1) is 0 Å². The van der Waals surface area contributed by atoms with Gasteiger partial charge in [-0.05, 0) is 29.8 Å². The molecule has 0 aliphatic heterocycles. The molecule has 0 fully saturated rings. The van der Waals surface area contributed by atoms with E-state index in [-0.39, 0.29) is 17.9 Å². The van der Waals surface area contributed by atoms with Crippen molar-refractivity contribution in [2.75, 3.05) is 0 Å². The number of carbonyl (C=O) groups is 2. The number of aliphatic carboxylic acids is 1. The van der Waals surface area contributed by atoms with Crippen LogP contribution in [0.25, 0.3) is 0 Å². The molecular weight excluding hydrogens is 291 g/mol. The molecule has 1 aromatic heterocycles. The maximum absolute atomic E-state index is 12.8. The van der Waals surface area contributed by atoms with E-state index in [0.29, 0.717) is 5.56 Å². The molecule has 0 aliphatic rings. The summed E-state index contributed by atoms with van der Waals surface area (Å²) < 4.78 is 13.7. The van der Waals surface area contributed by atoms with E-state index < -0.39 is 24.0 Å². The van der Waals surface area contributed by atoms with Crippen LogP contribution in [0.2, 0.25) is 0 Å². The summed E-state index contributed by atoms with van der Waals surface area (Å²) >= 11 is 0. The van der Waals surface area contributed by atoms with Crippen LogP contribution in [0.5, 0.6) is 0 Å². The van der Waals surface area contributed by atoms with Crippen molar-refractivity contribution < 1.29 is 19.1 Å². The minimum atomic E-state index is -1.18. The highest BCUT2D eigenvalue weighted by Crippen LogP contribution is 2.02. The van der Waals surface area contributed by atoms with Gasteiger partial charge in [-0.15, -0.1) is 0 Å². The van der Waals surface area contributed by atoms with Crippen molar-refractivity contribution in [1.29, 1.82) is 0 Å². The molecule has 0 radical (unpaired) electrons. The maximum atomic E-state index is 12.8. The SMILES string of the molecule is O=C(O)Cn1cccc(C(=O)NCc2ccc(F)cc2)c1=O. The number of nitrogens with one attached hydrogen (secondary N) is 1. The number of halogens is 1. The summed E-state index contributed by atoms with van der Waals surface area (Å²) in [7, 11) is 0. The first kappa shape index (κ1) is 15.4. The van der Waals surface area contributed by atoms with E-state index in [1.165, 1.54) is 42.6 Å². The van der Waals surface area contributed by atoms with Crippen LogP contribution in [-0.2, 0) is 17.9 Å². The van der Waals surface area contributed by atoms with Gasteiger partial charge in [0.1, 0.15) is 17.9 Å². The Bertz CT molecular complexity index is 753. The zero-order chi connectivity index (χ0) is 16.1. The van der Waals surface area contributed by atoms with Crippen LogP contribution in [0, 0.1) is 5.82 Å². The molecule has 0 saturated carbocycles. The van der Waals surface area contributed by atoms with Crippen LogP contribution in [-0.4, -0.2) is 21.6 Å². The van der Waals surface area contributed by atoms with E-state index in [9.17, 15) is 18.8 Å². The Morgan fingerprint density at radius 3 is 2.50 bits per heavy atom. The van der Waals surface area contributed by atoms with Crippen LogP contribution >= 0.6 is 0 Å². The highest BCUT2D eigenvalue weighted by Gasteiger charge is 2.13. The van der Waals surface area contributed by atoms with E-state index in [0.717, 1.165) is 4.57 Å². The molecule has 0 atom stereocenters. The first-order valence-corrected chi connectivity index (χ1v) is 6.41. The van der Waals surface area contributed by atoms with Gasteiger partial charge in [-0.3, -0.25) is 14.4 Å². The molecule has 2 N–H and O–H groups in total. The normalized spacial score (nSPS) is 10.2. The average Bonchev–Trinajstić information content (AvgIpc) is 2.48. The molecule has 0 bridgehead atoms. The first-order valence-electron chi connectivity index (χ1n) is 6.41. The van der Waals surface area contributed by atoms with Crippen LogP contribution in [0.1, 0.15) is 15.9 Å². The Balaban J connectivity index is 2.11. The fraction of sp³-hybridized carbons (Fsp3) is 0.133. The Morgan fingerprint density at radius 2 is 1.86 bits per heavy atom. The van der Waals surface area contributed by atoms with Gasteiger partial charge in [-0.2, -0.15) is 0 Å². The number of hydrogen-bond acceptors (Lipinski definition) is 3. The summed E-state index contributed by atoms with van der Waals surface area (Å²) in [5.41, 5.74) is -0.149. The molecule has 6 nitrogen and oxygen atoms in total. The number of benzene rings is 1. The number of carboxylic acids is 1. The third-order valence-corrected chi connectivity index (χ3v) is 2.94. The van der Waals surface area contributed by atoms with Gasteiger partial charge in [0, 0.05) is 12.7 Å². The lowest BCUT2D eigenvalue weighted by molar-refractivity contribution is -0.137. The average molecular weight is 304 g/mol. The lowest BCUT2D eigenvalue weighted by Crippen LogP contribution is -2.33. The van der Waals surface area contributed by atoms with E-state index in [4.69, 9.17) is 5.11 Å². The number of rotatable bonds is 5. The lowest BCUT2D eigenvalue weighted by atomic mass is 10.2. The van der Waals surface area contributed by atoms with Crippen molar-refractivity contribution >= 4 is 11.9 Å². The van der Waals surface area contributed by atoms with Crippen molar-refractivity contribution in [2.45, 2.75) is 13.1 Å². The van der Waals surface area contributed by atoms with Gasteiger partial charge in [-0.25, -0.2) is 4.39 Å². The lowest BCUT2D eigenvalue weighted by Gasteiger charge is -2.07. The topological polar surface area (TPSA) is 88.4 Å². The largest absolute Gasteiger partial charge is 0.480 e. The summed E-state index contributed by atoms with van der Waals surface area (Å²) in [5.74, 6) is -2.17. The molecule has 22 heavy (non-hydrogen) atoms. The second-order valence-corrected chi connectivity index (χ2v) is 4.56. The summed E-state index contributed by atoms with van der Waals surface area (Å²) in [6, 6.07) is 8.32. The molecule has 1 amide bonds. The number of pyridine rings is 1. The molecule has 1 heterocycles. The minimum absolute atomic E-state index is 0.131. The quantitative estimate of drug-likeness (QED) is 0.862. The molecule has 1 aromatic carbocycles. The van der Waals surface area contributed by atoms with Gasteiger partial charge >= 0.3 is 5.97 Å². The predicted octanol–water partition coefficient (Wildman–Crippen LogP) is 1.00. The van der Waals surface area contributed by atoms with Crippen LogP contribution in [0.15, 0.2) is 47.4 Å². The van der Waals surface area contributed by atoms with Crippen LogP contribution < -0.4 is 10.9 Å². The number of carbonyl (C=O) groups excluding carboxylic acids is 1. The second kappa shape index (κ2) is 6.66. The molecular formula is C15H13FN2O4. The van der Waals surface area contributed by atoms with E-state index in [2.05, 4.69) is 5.32 Å². The Kier molecular flexibility index (Phi) is 4.67. The molecule has 2 aromatic rings. The van der Waals surface area contributed by atoms with Gasteiger partial charge in [0.2, 0.25) is 0 Å². The highest BCUT2D eigenvalue weighted by atomic mass is 19.1. The number of amides is 1. The summed E-state index contributed by atoms with van der Waals surface area (Å²) in [6.07, 6.45) is 1.30. The van der Waals surface area contributed by atoms with Crippen LogP contribution in [0.4, 0.5) is 4.39 Å². The minimum Gasteiger partial charge on any atom is -0.480 e. The first-order chi connectivity index (χ1) is 10.5. The highest BCUT2D eigenvalue weighted by molar-refractivity contribution is 5.93. The third-order valence-electron chi connectivity index (χ3n) is 2.94. The predicted molar refractivity (Wildman–Crippen MR) is 75.9 cm³/mol. The Morgan fingerprint density at radius 1 is 1.18 bits per heavy atom. The molecule has 0 aliphatic carbocycles. The van der Waals surface area contributed by atoms with Crippen molar-refractivity contribution in [3.8, 4) is 0 Å². The van der Waals surface area contributed by atoms with Gasteiger partial charge in [0.25, 0.3) is 11.5 Å². The maximum Gasteiger partial charge on any atom is 0.323 e. The monoisotopic (exact) mass is 304 g/mol. The second-order valence-electron chi connectivity index (χ2n) is 4.56. The zero-order valence-electron chi connectivity index (χ0n) is 11.5. The smallest absolute Gasteiger partial charge is 0.323 e. The molecule has 2 rings (SSSR count). The number of carboxylic acid groups (broad SMARTS) is 1. The number of nitrogens with zero attached hydrogens (tertiary/aromatic N) is 1. The van der Waals surface area contributed by atoms with Gasteiger partial charge < -0.3 is 15.0 Å². The number of aromatic nitrogens is 1. The van der Waals surface area contributed by atoms with E-state index >= 15 is 0 Å². The molecule has 0 spiro atoms. The van der Waals surface area contributed by atoms with Crippen molar-refractivity contribution in [3.05, 3.63) is 69.9 Å². The molecule has 0 saturated heterocycles. The fourth-order valence-electron chi connectivity index (χ4n) is 1.86. The summed E-state index contributed by atoms with van der Waals surface area (Å²) in [4.78, 5) is 34.6. The Hall–Kier alpha value is -2.96. The zero-order valence-corrected chi connectivity index (χ0v) is 11.5. The van der Waals surface area contributed by atoms with Gasteiger partial charge in [0.15, 0.2) is 0 Å². The van der Waals surface area contributed by atoms with E-state index in [1.807, 2.05) is 0 Å². The molecule has 0 unspecified atom stereocenters. The van der Waals surface area contributed by atoms with Crippen molar-refractivity contribution in [1.82, 2.24) is 9.88 Å². The Labute approximate surface area is 124 Å². The molecule has 114 valence electrons. The summed E-state index contributed by atoms with van der Waals surface area (Å²) in [5, 5.41) is 11.2. The van der Waals surface area contributed by atoms with Gasteiger partial charge in [-0.1, -0.05) is 12.1 Å². The third kappa shape index (κ3) is 3.78. The van der Waals surface area contributed by atoms with E-state index in [1.54, 1.807) is 0 Å². The van der Waals surface area contributed by atoms with Crippen molar-refractivity contribution in [3.63, 3.8) is 0 Å². The standard InChI is InChI=1S/C15H13FN2O4/c16-11-5-3-10(4-6-11)8-17-14(21)12-2-1-7-18(15(12)22)9-13(19)20/h1-7H,8-9H2,(H,17,21)(H,19,20). The summed E-state index contributed by atoms with van der Waals surface area (Å²) in [6.45, 7) is -0.385. The van der Waals surface area contributed by atoms with Crippen LogP contribution in [0.3, 0.4) is 0 Å². The molecule has 7 heteroatoms. The fourth-order valence-corrected chi connectivity index (χ4v) is 1.86. The van der Waals surface area contributed by atoms with Crippen molar-refractivity contribution in [2.24, 2.45) is 0 Å².